The Morgan fingerprint density at radius 3 is 2.67 bits per heavy atom. The molecule has 0 aromatic carbocycles. The lowest BCUT2D eigenvalue weighted by atomic mass is 10.2. The second-order valence-electron chi connectivity index (χ2n) is 6.44. The third kappa shape index (κ3) is 4.57. The van der Waals surface area contributed by atoms with Crippen LogP contribution in [-0.4, -0.2) is 39.3 Å². The van der Waals surface area contributed by atoms with Crippen LogP contribution in [0.1, 0.15) is 37.0 Å². The molecule has 2 rings (SSSR count). The highest BCUT2D eigenvalue weighted by molar-refractivity contribution is 5.74. The van der Waals surface area contributed by atoms with Gasteiger partial charge in [0.15, 0.2) is 0 Å². The molecule has 2 unspecified atom stereocenters. The molecule has 2 atom stereocenters. The molecule has 0 bridgehead atoms. The number of nitrogens with zero attached hydrogens (tertiary/aromatic N) is 4. The summed E-state index contributed by atoms with van der Waals surface area (Å²) in [6.45, 7) is 9.52. The highest BCUT2D eigenvalue weighted by Crippen LogP contribution is 2.15. The monoisotopic (exact) mass is 329 g/mol. The lowest BCUT2D eigenvalue weighted by Crippen LogP contribution is -2.41. The van der Waals surface area contributed by atoms with E-state index in [1.807, 2.05) is 43.7 Å². The van der Waals surface area contributed by atoms with Gasteiger partial charge < -0.3 is 10.2 Å². The van der Waals surface area contributed by atoms with Crippen molar-refractivity contribution in [3.63, 3.8) is 0 Å². The van der Waals surface area contributed by atoms with E-state index >= 15 is 0 Å². The number of nitrogens with one attached hydrogen (secondary N) is 1. The fraction of sp³-hybridized carbons (Fsp3) is 0.500. The lowest BCUT2D eigenvalue weighted by Gasteiger charge is -2.25. The summed E-state index contributed by atoms with van der Waals surface area (Å²) in [5.74, 6) is 0.297. The van der Waals surface area contributed by atoms with E-state index in [2.05, 4.69) is 28.4 Å². The van der Waals surface area contributed by atoms with Crippen LogP contribution in [0.25, 0.3) is 0 Å². The minimum absolute atomic E-state index is 0.0717. The SMILES string of the molecule is Cc1cc(C)n(CC(C)CNC(=O)N(C)C(C)c2ccccn2)n1. The van der Waals surface area contributed by atoms with Crippen molar-refractivity contribution in [3.8, 4) is 0 Å². The van der Waals surface area contributed by atoms with Crippen LogP contribution < -0.4 is 5.32 Å². The summed E-state index contributed by atoms with van der Waals surface area (Å²) in [5, 5.41) is 7.46. The van der Waals surface area contributed by atoms with Crippen molar-refractivity contribution in [2.75, 3.05) is 13.6 Å². The molecule has 2 aromatic heterocycles. The van der Waals surface area contributed by atoms with Crippen LogP contribution in [0, 0.1) is 19.8 Å². The average Bonchev–Trinajstić information content (AvgIpc) is 2.89. The van der Waals surface area contributed by atoms with Crippen molar-refractivity contribution in [2.24, 2.45) is 5.92 Å². The Labute approximate surface area is 143 Å². The number of urea groups is 1. The molecule has 0 fully saturated rings. The van der Waals surface area contributed by atoms with Gasteiger partial charge in [-0.3, -0.25) is 9.67 Å². The van der Waals surface area contributed by atoms with Crippen LogP contribution in [0.5, 0.6) is 0 Å². The molecule has 0 radical (unpaired) electrons. The molecule has 6 heteroatoms. The van der Waals surface area contributed by atoms with Crippen LogP contribution in [0.2, 0.25) is 0 Å². The van der Waals surface area contributed by atoms with Crippen LogP contribution in [-0.2, 0) is 6.54 Å². The first-order valence-electron chi connectivity index (χ1n) is 8.31. The summed E-state index contributed by atoms with van der Waals surface area (Å²) in [5.41, 5.74) is 3.05. The highest BCUT2D eigenvalue weighted by Gasteiger charge is 2.18. The number of hydrogen-bond donors (Lipinski definition) is 1. The Morgan fingerprint density at radius 1 is 1.33 bits per heavy atom. The number of carbonyl (C=O) groups excluding carboxylic acids is 1. The predicted molar refractivity (Wildman–Crippen MR) is 94.7 cm³/mol. The Balaban J connectivity index is 1.84. The smallest absolute Gasteiger partial charge is 0.317 e. The molecule has 0 aliphatic heterocycles. The summed E-state index contributed by atoms with van der Waals surface area (Å²) in [6, 6.07) is 7.64. The summed E-state index contributed by atoms with van der Waals surface area (Å²) in [6.07, 6.45) is 1.74. The molecule has 0 saturated carbocycles. The first kappa shape index (κ1) is 18.0. The third-order valence-electron chi connectivity index (χ3n) is 4.21. The van der Waals surface area contributed by atoms with Crippen molar-refractivity contribution >= 4 is 6.03 Å². The molecule has 130 valence electrons. The van der Waals surface area contributed by atoms with Gasteiger partial charge in [0.05, 0.1) is 17.4 Å². The van der Waals surface area contributed by atoms with Crippen molar-refractivity contribution < 1.29 is 4.79 Å². The summed E-state index contributed by atoms with van der Waals surface area (Å²) >= 11 is 0. The Hall–Kier alpha value is -2.37. The summed E-state index contributed by atoms with van der Waals surface area (Å²) in [7, 11) is 1.79. The molecule has 0 spiro atoms. The van der Waals surface area contributed by atoms with Crippen molar-refractivity contribution in [1.29, 1.82) is 0 Å². The second-order valence-corrected chi connectivity index (χ2v) is 6.44. The molecule has 0 aliphatic rings. The minimum atomic E-state index is -0.0895. The number of rotatable bonds is 6. The molecule has 2 heterocycles. The third-order valence-corrected chi connectivity index (χ3v) is 4.21. The van der Waals surface area contributed by atoms with Crippen molar-refractivity contribution in [2.45, 2.75) is 40.3 Å². The molecule has 1 N–H and O–H groups in total. The maximum Gasteiger partial charge on any atom is 0.317 e. The number of carbonyl (C=O) groups is 1. The molecule has 2 amide bonds. The molecule has 6 nitrogen and oxygen atoms in total. The standard InChI is InChI=1S/C18H27N5O/c1-13(12-23-15(3)10-14(2)21-23)11-20-18(24)22(5)16(4)17-8-6-7-9-19-17/h6-10,13,16H,11-12H2,1-5H3,(H,20,24). The largest absolute Gasteiger partial charge is 0.338 e. The van der Waals surface area contributed by atoms with Gasteiger partial charge in [0.1, 0.15) is 0 Å². The van der Waals surface area contributed by atoms with E-state index in [4.69, 9.17) is 0 Å². The summed E-state index contributed by atoms with van der Waals surface area (Å²) in [4.78, 5) is 18.3. The highest BCUT2D eigenvalue weighted by atomic mass is 16.2. The van der Waals surface area contributed by atoms with Crippen LogP contribution in [0.4, 0.5) is 4.79 Å². The second kappa shape index (κ2) is 7.95. The van der Waals surface area contributed by atoms with Gasteiger partial charge in [0.2, 0.25) is 0 Å². The topological polar surface area (TPSA) is 63.1 Å². The van der Waals surface area contributed by atoms with Gasteiger partial charge in [-0.1, -0.05) is 13.0 Å². The van der Waals surface area contributed by atoms with E-state index in [-0.39, 0.29) is 12.1 Å². The predicted octanol–water partition coefficient (Wildman–Crippen LogP) is 2.93. The number of aromatic nitrogens is 3. The molecule has 0 saturated heterocycles. The van der Waals surface area contributed by atoms with Gasteiger partial charge in [0, 0.05) is 32.0 Å². The molecule has 24 heavy (non-hydrogen) atoms. The van der Waals surface area contributed by atoms with Crippen molar-refractivity contribution in [1.82, 2.24) is 25.0 Å². The van der Waals surface area contributed by atoms with Gasteiger partial charge in [-0.15, -0.1) is 0 Å². The maximum atomic E-state index is 12.4. The number of pyridine rings is 1. The van der Waals surface area contributed by atoms with E-state index in [9.17, 15) is 4.79 Å². The zero-order valence-electron chi connectivity index (χ0n) is 15.2. The Morgan fingerprint density at radius 2 is 2.08 bits per heavy atom. The number of amides is 2. The first-order chi connectivity index (χ1) is 11.4. The fourth-order valence-corrected chi connectivity index (χ4v) is 2.60. The molecular weight excluding hydrogens is 302 g/mol. The van der Waals surface area contributed by atoms with E-state index in [1.165, 1.54) is 0 Å². The fourth-order valence-electron chi connectivity index (χ4n) is 2.60. The average molecular weight is 329 g/mol. The maximum absolute atomic E-state index is 12.4. The normalized spacial score (nSPS) is 13.4. The van der Waals surface area contributed by atoms with E-state index < -0.39 is 0 Å². The lowest BCUT2D eigenvalue weighted by molar-refractivity contribution is 0.191. The zero-order valence-corrected chi connectivity index (χ0v) is 15.2. The van der Waals surface area contributed by atoms with Gasteiger partial charge in [-0.25, -0.2) is 4.79 Å². The molecule has 0 aliphatic carbocycles. The molecular formula is C18H27N5O. The van der Waals surface area contributed by atoms with Gasteiger partial charge >= 0.3 is 6.03 Å². The Kier molecular flexibility index (Phi) is 5.95. The van der Waals surface area contributed by atoms with E-state index in [1.54, 1.807) is 18.1 Å². The minimum Gasteiger partial charge on any atom is -0.338 e. The van der Waals surface area contributed by atoms with Crippen molar-refractivity contribution in [3.05, 3.63) is 47.5 Å². The van der Waals surface area contributed by atoms with Gasteiger partial charge in [-0.2, -0.15) is 5.10 Å². The summed E-state index contributed by atoms with van der Waals surface area (Å²) < 4.78 is 1.99. The van der Waals surface area contributed by atoms with Gasteiger partial charge in [-0.05, 0) is 44.9 Å². The number of aryl methyl sites for hydroxylation is 2. The van der Waals surface area contributed by atoms with Crippen LogP contribution >= 0.6 is 0 Å². The Bertz CT molecular complexity index is 667. The quantitative estimate of drug-likeness (QED) is 0.886. The van der Waals surface area contributed by atoms with E-state index in [0.717, 1.165) is 23.6 Å². The van der Waals surface area contributed by atoms with E-state index in [0.29, 0.717) is 12.5 Å². The molecule has 2 aromatic rings. The first-order valence-corrected chi connectivity index (χ1v) is 8.31. The number of hydrogen-bond acceptors (Lipinski definition) is 3. The van der Waals surface area contributed by atoms with Crippen LogP contribution in [0.15, 0.2) is 30.5 Å². The van der Waals surface area contributed by atoms with Crippen LogP contribution in [0.3, 0.4) is 0 Å². The van der Waals surface area contributed by atoms with Gasteiger partial charge in [0.25, 0.3) is 0 Å². The zero-order chi connectivity index (χ0) is 17.7.